The van der Waals surface area contributed by atoms with Crippen molar-refractivity contribution in [2.75, 3.05) is 11.6 Å². The molecule has 3 nitrogen and oxygen atoms in total. The SMILES string of the molecule is CSc1ccccc1NC(=O)CCc1ccc(-c2ccc(C)cc2)o1. The van der Waals surface area contributed by atoms with Crippen molar-refractivity contribution in [3.63, 3.8) is 0 Å². The summed E-state index contributed by atoms with van der Waals surface area (Å²) in [4.78, 5) is 13.3. The van der Waals surface area contributed by atoms with Crippen molar-refractivity contribution in [2.45, 2.75) is 24.7 Å². The number of benzene rings is 2. The molecule has 2 aromatic carbocycles. The minimum atomic E-state index is -0.00483. The van der Waals surface area contributed by atoms with Crippen LogP contribution in [0.4, 0.5) is 5.69 Å². The molecule has 3 aromatic rings. The van der Waals surface area contributed by atoms with Gasteiger partial charge in [0.1, 0.15) is 11.5 Å². The quantitative estimate of drug-likeness (QED) is 0.592. The number of carbonyl (C=O) groups excluding carboxylic acids is 1. The van der Waals surface area contributed by atoms with E-state index in [1.807, 2.05) is 54.8 Å². The monoisotopic (exact) mass is 351 g/mol. The Morgan fingerprint density at radius 2 is 1.80 bits per heavy atom. The summed E-state index contributed by atoms with van der Waals surface area (Å²) in [6.07, 6.45) is 2.98. The highest BCUT2D eigenvalue weighted by Gasteiger charge is 2.09. The minimum absolute atomic E-state index is 0.00483. The number of carbonyl (C=O) groups is 1. The van der Waals surface area contributed by atoms with Crippen LogP contribution in [0.2, 0.25) is 0 Å². The van der Waals surface area contributed by atoms with Crippen LogP contribution in [0.1, 0.15) is 17.7 Å². The van der Waals surface area contributed by atoms with Gasteiger partial charge in [0.2, 0.25) is 5.91 Å². The summed E-state index contributed by atoms with van der Waals surface area (Å²) in [6, 6.07) is 19.9. The van der Waals surface area contributed by atoms with Gasteiger partial charge in [0.25, 0.3) is 0 Å². The molecule has 1 N–H and O–H groups in total. The van der Waals surface area contributed by atoms with Crippen LogP contribution in [0.25, 0.3) is 11.3 Å². The van der Waals surface area contributed by atoms with Crippen LogP contribution in [0, 0.1) is 6.92 Å². The Balaban J connectivity index is 1.58. The fourth-order valence-corrected chi connectivity index (χ4v) is 3.14. The summed E-state index contributed by atoms with van der Waals surface area (Å²) in [5.41, 5.74) is 3.13. The molecule has 0 saturated carbocycles. The van der Waals surface area contributed by atoms with Gasteiger partial charge in [0, 0.05) is 23.3 Å². The zero-order chi connectivity index (χ0) is 17.6. The standard InChI is InChI=1S/C21H21NO2S/c1-15-7-9-16(10-8-15)19-13-11-17(24-19)12-14-21(23)22-18-5-3-4-6-20(18)25-2/h3-11,13H,12,14H2,1-2H3,(H,22,23). The van der Waals surface area contributed by atoms with E-state index in [0.29, 0.717) is 12.8 Å². The second-order valence-corrected chi connectivity index (χ2v) is 6.73. The van der Waals surface area contributed by atoms with Crippen molar-refractivity contribution in [1.82, 2.24) is 0 Å². The highest BCUT2D eigenvalue weighted by molar-refractivity contribution is 7.98. The van der Waals surface area contributed by atoms with Gasteiger partial charge in [-0.3, -0.25) is 4.79 Å². The van der Waals surface area contributed by atoms with Gasteiger partial charge in [0.05, 0.1) is 5.69 Å². The predicted molar refractivity (Wildman–Crippen MR) is 104 cm³/mol. The first-order valence-corrected chi connectivity index (χ1v) is 9.47. The van der Waals surface area contributed by atoms with Gasteiger partial charge < -0.3 is 9.73 Å². The molecule has 25 heavy (non-hydrogen) atoms. The summed E-state index contributed by atoms with van der Waals surface area (Å²) in [5.74, 6) is 1.65. The predicted octanol–water partition coefficient (Wildman–Crippen LogP) is 5.55. The zero-order valence-corrected chi connectivity index (χ0v) is 15.2. The Kier molecular flexibility index (Phi) is 5.61. The second-order valence-electron chi connectivity index (χ2n) is 5.88. The van der Waals surface area contributed by atoms with Gasteiger partial charge >= 0.3 is 0 Å². The van der Waals surface area contributed by atoms with Crippen LogP contribution < -0.4 is 5.32 Å². The summed E-state index contributed by atoms with van der Waals surface area (Å²) in [7, 11) is 0. The maximum atomic E-state index is 12.2. The Bertz CT molecular complexity index is 852. The summed E-state index contributed by atoms with van der Waals surface area (Å²) >= 11 is 1.62. The number of anilines is 1. The van der Waals surface area contributed by atoms with Crippen LogP contribution in [0.3, 0.4) is 0 Å². The summed E-state index contributed by atoms with van der Waals surface area (Å²) < 4.78 is 5.87. The molecule has 0 unspecified atom stereocenters. The van der Waals surface area contributed by atoms with Crippen molar-refractivity contribution in [3.8, 4) is 11.3 Å². The van der Waals surface area contributed by atoms with Crippen molar-refractivity contribution in [2.24, 2.45) is 0 Å². The van der Waals surface area contributed by atoms with E-state index in [0.717, 1.165) is 27.7 Å². The number of amides is 1. The van der Waals surface area contributed by atoms with Crippen LogP contribution >= 0.6 is 11.8 Å². The zero-order valence-electron chi connectivity index (χ0n) is 14.4. The number of hydrogen-bond donors (Lipinski definition) is 1. The molecule has 4 heteroatoms. The largest absolute Gasteiger partial charge is 0.461 e. The molecule has 1 aromatic heterocycles. The van der Waals surface area contributed by atoms with E-state index in [2.05, 4.69) is 24.4 Å². The number of nitrogens with one attached hydrogen (secondary N) is 1. The molecule has 0 saturated heterocycles. The highest BCUT2D eigenvalue weighted by Crippen LogP contribution is 2.25. The lowest BCUT2D eigenvalue weighted by Gasteiger charge is -2.08. The van der Waals surface area contributed by atoms with Crippen molar-refractivity contribution in [1.29, 1.82) is 0 Å². The Labute approximate surface area is 152 Å². The first-order valence-electron chi connectivity index (χ1n) is 8.24. The van der Waals surface area contributed by atoms with Crippen molar-refractivity contribution < 1.29 is 9.21 Å². The van der Waals surface area contributed by atoms with Crippen LogP contribution in [-0.4, -0.2) is 12.2 Å². The fourth-order valence-electron chi connectivity index (χ4n) is 2.58. The molecular formula is C21H21NO2S. The minimum Gasteiger partial charge on any atom is -0.461 e. The van der Waals surface area contributed by atoms with Crippen molar-refractivity contribution >= 4 is 23.4 Å². The normalized spacial score (nSPS) is 10.6. The molecule has 0 aliphatic carbocycles. The van der Waals surface area contributed by atoms with Crippen molar-refractivity contribution in [3.05, 3.63) is 72.0 Å². The highest BCUT2D eigenvalue weighted by atomic mass is 32.2. The van der Waals surface area contributed by atoms with Gasteiger partial charge in [-0.15, -0.1) is 11.8 Å². The first kappa shape index (κ1) is 17.4. The second kappa shape index (κ2) is 8.08. The third-order valence-electron chi connectivity index (χ3n) is 3.98. The smallest absolute Gasteiger partial charge is 0.224 e. The maximum absolute atomic E-state index is 12.2. The molecule has 0 bridgehead atoms. The Morgan fingerprint density at radius 3 is 2.56 bits per heavy atom. The lowest BCUT2D eigenvalue weighted by molar-refractivity contribution is -0.116. The fraction of sp³-hybridized carbons (Fsp3) is 0.190. The third-order valence-corrected chi connectivity index (χ3v) is 4.77. The lowest BCUT2D eigenvalue weighted by atomic mass is 10.1. The molecular weight excluding hydrogens is 330 g/mol. The number of aryl methyl sites for hydroxylation is 2. The maximum Gasteiger partial charge on any atom is 0.224 e. The lowest BCUT2D eigenvalue weighted by Crippen LogP contribution is -2.12. The molecule has 1 heterocycles. The van der Waals surface area contributed by atoms with Gasteiger partial charge in [-0.25, -0.2) is 0 Å². The van der Waals surface area contributed by atoms with E-state index in [4.69, 9.17) is 4.42 Å². The van der Waals surface area contributed by atoms with E-state index in [-0.39, 0.29) is 5.91 Å². The molecule has 0 atom stereocenters. The first-order chi connectivity index (χ1) is 12.2. The molecule has 0 aliphatic heterocycles. The average molecular weight is 351 g/mol. The van der Waals surface area contributed by atoms with Gasteiger partial charge in [0.15, 0.2) is 0 Å². The van der Waals surface area contributed by atoms with Crippen LogP contribution in [0.15, 0.2) is 70.0 Å². The number of furan rings is 1. The topological polar surface area (TPSA) is 42.2 Å². The molecule has 128 valence electrons. The molecule has 3 rings (SSSR count). The van der Waals surface area contributed by atoms with Gasteiger partial charge in [-0.1, -0.05) is 42.0 Å². The van der Waals surface area contributed by atoms with E-state index in [1.54, 1.807) is 11.8 Å². The number of thioether (sulfide) groups is 1. The molecule has 0 fully saturated rings. The van der Waals surface area contributed by atoms with E-state index in [1.165, 1.54) is 5.56 Å². The van der Waals surface area contributed by atoms with E-state index in [9.17, 15) is 4.79 Å². The van der Waals surface area contributed by atoms with Gasteiger partial charge in [-0.05, 0) is 37.4 Å². The Morgan fingerprint density at radius 1 is 1.04 bits per heavy atom. The number of para-hydroxylation sites is 1. The Hall–Kier alpha value is -2.46. The average Bonchev–Trinajstić information content (AvgIpc) is 3.10. The summed E-state index contributed by atoms with van der Waals surface area (Å²) in [6.45, 7) is 2.06. The van der Waals surface area contributed by atoms with Crippen LogP contribution in [0.5, 0.6) is 0 Å². The summed E-state index contributed by atoms with van der Waals surface area (Å²) in [5, 5.41) is 2.97. The molecule has 1 amide bonds. The van der Waals surface area contributed by atoms with Gasteiger partial charge in [-0.2, -0.15) is 0 Å². The molecule has 0 spiro atoms. The molecule has 0 aliphatic rings. The van der Waals surface area contributed by atoms with Crippen LogP contribution in [-0.2, 0) is 11.2 Å². The third kappa shape index (κ3) is 4.54. The van der Waals surface area contributed by atoms with E-state index >= 15 is 0 Å². The van der Waals surface area contributed by atoms with E-state index < -0.39 is 0 Å². The number of hydrogen-bond acceptors (Lipinski definition) is 3. The number of rotatable bonds is 6. The molecule has 0 radical (unpaired) electrons.